The lowest BCUT2D eigenvalue weighted by Crippen LogP contribution is -2.45. The average Bonchev–Trinajstić information content (AvgIpc) is 2.52. The van der Waals surface area contributed by atoms with Gasteiger partial charge in [-0.3, -0.25) is 0 Å². The molecule has 118 valence electrons. The van der Waals surface area contributed by atoms with Gasteiger partial charge in [-0.2, -0.15) is 0 Å². The summed E-state index contributed by atoms with van der Waals surface area (Å²) in [6, 6.07) is 8.38. The lowest BCUT2D eigenvalue weighted by molar-refractivity contribution is -0.0626. The molecule has 1 fully saturated rings. The van der Waals surface area contributed by atoms with Gasteiger partial charge in [0.1, 0.15) is 5.75 Å². The van der Waals surface area contributed by atoms with Crippen molar-refractivity contribution in [3.8, 4) is 5.75 Å². The monoisotopic (exact) mass is 293 g/mol. The zero-order valence-electron chi connectivity index (χ0n) is 13.1. The molecule has 1 atom stereocenters. The van der Waals surface area contributed by atoms with E-state index in [4.69, 9.17) is 9.47 Å². The number of hydrogen-bond acceptors (Lipinski definition) is 4. The maximum atomic E-state index is 10.4. The van der Waals surface area contributed by atoms with Crippen LogP contribution in [0.3, 0.4) is 0 Å². The smallest absolute Gasteiger partial charge is 0.119 e. The average molecular weight is 293 g/mol. The fourth-order valence-electron chi connectivity index (χ4n) is 2.46. The van der Waals surface area contributed by atoms with Crippen LogP contribution in [0, 0.1) is 0 Å². The highest BCUT2D eigenvalue weighted by Crippen LogP contribution is 2.22. The van der Waals surface area contributed by atoms with Crippen LogP contribution in [0.4, 0.5) is 0 Å². The molecule has 4 nitrogen and oxygen atoms in total. The summed E-state index contributed by atoms with van der Waals surface area (Å²) in [4.78, 5) is 0. The van der Waals surface area contributed by atoms with E-state index in [1.807, 2.05) is 12.1 Å². The predicted octanol–water partition coefficient (Wildman–Crippen LogP) is 2.67. The van der Waals surface area contributed by atoms with Gasteiger partial charge >= 0.3 is 0 Å². The molecular weight excluding hydrogens is 266 g/mol. The Labute approximate surface area is 127 Å². The molecule has 0 aromatic heterocycles. The Morgan fingerprint density at radius 2 is 1.95 bits per heavy atom. The molecule has 21 heavy (non-hydrogen) atoms. The Morgan fingerprint density at radius 3 is 2.57 bits per heavy atom. The first kappa shape index (κ1) is 16.3. The second-order valence-corrected chi connectivity index (χ2v) is 5.86. The lowest BCUT2D eigenvalue weighted by atomic mass is 9.94. The molecule has 1 aromatic rings. The molecular formula is C17H27NO3. The summed E-state index contributed by atoms with van der Waals surface area (Å²) >= 11 is 0. The first-order valence-corrected chi connectivity index (χ1v) is 7.89. The number of ether oxygens (including phenoxy) is 2. The Kier molecular flexibility index (Phi) is 6.03. The summed E-state index contributed by atoms with van der Waals surface area (Å²) < 4.78 is 10.9. The number of nitrogens with one attached hydrogen (secondary N) is 1. The molecule has 0 aliphatic carbocycles. The molecule has 2 N–H and O–H groups in total. The summed E-state index contributed by atoms with van der Waals surface area (Å²) in [6.07, 6.45) is 2.43. The molecule has 4 heteroatoms. The molecule has 1 saturated heterocycles. The van der Waals surface area contributed by atoms with Gasteiger partial charge in [-0.05, 0) is 31.0 Å². The van der Waals surface area contributed by atoms with Crippen LogP contribution in [0.2, 0.25) is 0 Å². The number of hydrogen-bond donors (Lipinski definition) is 2. The fraction of sp³-hybridized carbons (Fsp3) is 0.647. The zero-order valence-corrected chi connectivity index (χ0v) is 13.1. The van der Waals surface area contributed by atoms with Gasteiger partial charge in [0, 0.05) is 38.6 Å². The summed E-state index contributed by atoms with van der Waals surface area (Å²) in [5, 5.41) is 13.9. The second kappa shape index (κ2) is 7.78. The van der Waals surface area contributed by atoms with Crippen molar-refractivity contribution in [3.63, 3.8) is 0 Å². The third-order valence-corrected chi connectivity index (χ3v) is 4.01. The van der Waals surface area contributed by atoms with E-state index >= 15 is 0 Å². The van der Waals surface area contributed by atoms with Crippen molar-refractivity contribution < 1.29 is 14.6 Å². The third-order valence-electron chi connectivity index (χ3n) is 4.01. The molecule has 1 unspecified atom stereocenters. The molecule has 0 spiro atoms. The van der Waals surface area contributed by atoms with Gasteiger partial charge in [-0.25, -0.2) is 0 Å². The Hall–Kier alpha value is -1.10. The van der Waals surface area contributed by atoms with Crippen molar-refractivity contribution in [2.45, 2.75) is 44.8 Å². The first-order valence-electron chi connectivity index (χ1n) is 7.89. The fourth-order valence-corrected chi connectivity index (χ4v) is 2.46. The van der Waals surface area contributed by atoms with E-state index in [-0.39, 0.29) is 6.04 Å². The molecule has 0 saturated carbocycles. The maximum absolute atomic E-state index is 10.4. The van der Waals surface area contributed by atoms with Crippen LogP contribution in [0.1, 0.15) is 44.7 Å². The molecule has 1 heterocycles. The SMILES string of the molecule is CCCOc1ccc(C(C)NCC2(O)CCOCC2)cc1. The van der Waals surface area contributed by atoms with E-state index in [0.717, 1.165) is 18.8 Å². The predicted molar refractivity (Wildman–Crippen MR) is 83.6 cm³/mol. The van der Waals surface area contributed by atoms with Crippen LogP contribution in [0.5, 0.6) is 5.75 Å². The van der Waals surface area contributed by atoms with Gasteiger partial charge in [0.2, 0.25) is 0 Å². The number of rotatable bonds is 7. The largest absolute Gasteiger partial charge is 0.494 e. The zero-order chi connectivity index (χ0) is 15.1. The van der Waals surface area contributed by atoms with Gasteiger partial charge in [0.25, 0.3) is 0 Å². The number of benzene rings is 1. The minimum atomic E-state index is -0.628. The molecule has 2 rings (SSSR count). The highest BCUT2D eigenvalue weighted by Gasteiger charge is 2.29. The first-order chi connectivity index (χ1) is 10.1. The summed E-state index contributed by atoms with van der Waals surface area (Å²) in [6.45, 7) is 6.87. The van der Waals surface area contributed by atoms with Crippen LogP contribution in [-0.2, 0) is 4.74 Å². The molecule has 0 radical (unpaired) electrons. The minimum Gasteiger partial charge on any atom is -0.494 e. The van der Waals surface area contributed by atoms with E-state index in [9.17, 15) is 5.11 Å². The summed E-state index contributed by atoms with van der Waals surface area (Å²) in [5.74, 6) is 0.913. The van der Waals surface area contributed by atoms with Crippen molar-refractivity contribution >= 4 is 0 Å². The van der Waals surface area contributed by atoms with Crippen LogP contribution in [0.15, 0.2) is 24.3 Å². The second-order valence-electron chi connectivity index (χ2n) is 5.86. The van der Waals surface area contributed by atoms with Gasteiger partial charge in [-0.1, -0.05) is 19.1 Å². The third kappa shape index (κ3) is 4.99. The van der Waals surface area contributed by atoms with Crippen LogP contribution in [0.25, 0.3) is 0 Å². The van der Waals surface area contributed by atoms with E-state index in [0.29, 0.717) is 32.6 Å². The van der Waals surface area contributed by atoms with E-state index in [1.165, 1.54) is 5.56 Å². The van der Waals surface area contributed by atoms with Crippen molar-refractivity contribution in [3.05, 3.63) is 29.8 Å². The lowest BCUT2D eigenvalue weighted by Gasteiger charge is -2.33. The maximum Gasteiger partial charge on any atom is 0.119 e. The number of aliphatic hydroxyl groups is 1. The van der Waals surface area contributed by atoms with Gasteiger partial charge < -0.3 is 19.9 Å². The van der Waals surface area contributed by atoms with E-state index in [1.54, 1.807) is 0 Å². The topological polar surface area (TPSA) is 50.7 Å². The van der Waals surface area contributed by atoms with Crippen molar-refractivity contribution in [2.75, 3.05) is 26.4 Å². The molecule has 1 aromatic carbocycles. The van der Waals surface area contributed by atoms with Crippen LogP contribution >= 0.6 is 0 Å². The van der Waals surface area contributed by atoms with Crippen LogP contribution < -0.4 is 10.1 Å². The van der Waals surface area contributed by atoms with Crippen molar-refractivity contribution in [1.82, 2.24) is 5.32 Å². The quantitative estimate of drug-likeness (QED) is 0.811. The van der Waals surface area contributed by atoms with E-state index < -0.39 is 5.60 Å². The van der Waals surface area contributed by atoms with Gasteiger partial charge in [0.15, 0.2) is 0 Å². The molecule has 0 amide bonds. The van der Waals surface area contributed by atoms with Crippen molar-refractivity contribution in [2.24, 2.45) is 0 Å². The minimum absolute atomic E-state index is 0.206. The highest BCUT2D eigenvalue weighted by molar-refractivity contribution is 5.29. The Bertz CT molecular complexity index is 413. The van der Waals surface area contributed by atoms with Gasteiger partial charge in [0.05, 0.1) is 12.2 Å². The van der Waals surface area contributed by atoms with E-state index in [2.05, 4.69) is 31.3 Å². The normalized spacial score (nSPS) is 19.2. The Morgan fingerprint density at radius 1 is 1.29 bits per heavy atom. The molecule has 1 aliphatic heterocycles. The molecule has 0 bridgehead atoms. The van der Waals surface area contributed by atoms with Crippen molar-refractivity contribution in [1.29, 1.82) is 0 Å². The summed E-state index contributed by atoms with van der Waals surface area (Å²) in [7, 11) is 0. The highest BCUT2D eigenvalue weighted by atomic mass is 16.5. The molecule has 1 aliphatic rings. The van der Waals surface area contributed by atoms with Gasteiger partial charge in [-0.15, -0.1) is 0 Å². The summed E-state index contributed by atoms with van der Waals surface area (Å²) in [5.41, 5.74) is 0.575. The standard InChI is InChI=1S/C17H27NO3/c1-3-10-21-16-6-4-15(5-7-16)14(2)18-13-17(19)8-11-20-12-9-17/h4-7,14,18-19H,3,8-13H2,1-2H3. The Balaban J connectivity index is 1.83. The van der Waals surface area contributed by atoms with Crippen LogP contribution in [-0.4, -0.2) is 37.1 Å².